The lowest BCUT2D eigenvalue weighted by atomic mass is 9.85. The van der Waals surface area contributed by atoms with Crippen LogP contribution in [-0.2, 0) is 32.7 Å². The average molecular weight is 727 g/mol. The van der Waals surface area contributed by atoms with Gasteiger partial charge in [0.05, 0.1) is 6.61 Å². The highest BCUT2D eigenvalue weighted by atomic mass is 31.2. The molecule has 1 saturated carbocycles. The Kier molecular flexibility index (Phi) is 25.7. The predicted molar refractivity (Wildman–Crippen MR) is 184 cm³/mol. The molecule has 0 aromatic heterocycles. The van der Waals surface area contributed by atoms with Gasteiger partial charge in [-0.2, -0.15) is 0 Å². The molecule has 6 atom stereocenters. The van der Waals surface area contributed by atoms with Gasteiger partial charge in [0.2, 0.25) is 0 Å². The van der Waals surface area contributed by atoms with Crippen molar-refractivity contribution in [3.05, 3.63) is 0 Å². The zero-order valence-corrected chi connectivity index (χ0v) is 30.9. The number of carbonyl (C=O) groups is 2. The minimum atomic E-state index is -5.09. The van der Waals surface area contributed by atoms with Crippen molar-refractivity contribution in [1.29, 1.82) is 0 Å². The van der Waals surface area contributed by atoms with E-state index in [0.29, 0.717) is 12.8 Å². The van der Waals surface area contributed by atoms with Crippen LogP contribution in [-0.4, -0.2) is 98.3 Å². The smallest absolute Gasteiger partial charge is 0.462 e. The van der Waals surface area contributed by atoms with E-state index in [1.54, 1.807) is 0 Å². The molecule has 13 nitrogen and oxygen atoms in total. The summed E-state index contributed by atoms with van der Waals surface area (Å²) in [6.07, 6.45) is 9.54. The van der Waals surface area contributed by atoms with Crippen molar-refractivity contribution >= 4 is 19.8 Å². The van der Waals surface area contributed by atoms with Gasteiger partial charge in [-0.05, 0) is 12.8 Å². The summed E-state index contributed by atoms with van der Waals surface area (Å²) in [5.74, 6) is -1.11. The maximum Gasteiger partial charge on any atom is 0.472 e. The van der Waals surface area contributed by atoms with Crippen LogP contribution in [0.2, 0.25) is 0 Å². The number of hydrogen-bond donors (Lipinski definition) is 6. The third-order valence-corrected chi connectivity index (χ3v) is 9.93. The van der Waals surface area contributed by atoms with Crippen molar-refractivity contribution in [2.75, 3.05) is 13.2 Å². The Morgan fingerprint density at radius 2 is 0.918 bits per heavy atom. The Morgan fingerprint density at radius 3 is 1.35 bits per heavy atom. The number of phosphoric ester groups is 1. The molecule has 0 bridgehead atoms. The summed E-state index contributed by atoms with van der Waals surface area (Å²) in [7, 11) is -5.09. The van der Waals surface area contributed by atoms with Crippen molar-refractivity contribution in [3.8, 4) is 0 Å². The van der Waals surface area contributed by atoms with E-state index >= 15 is 0 Å². The molecule has 1 rings (SSSR count). The molecule has 6 N–H and O–H groups in total. The van der Waals surface area contributed by atoms with E-state index in [4.69, 9.17) is 18.5 Å². The first-order chi connectivity index (χ1) is 23.4. The van der Waals surface area contributed by atoms with Gasteiger partial charge in [-0.1, -0.05) is 129 Å². The third kappa shape index (κ3) is 21.1. The Hall–Kier alpha value is -1.15. The molecule has 0 heterocycles. The average Bonchev–Trinajstić information content (AvgIpc) is 3.07. The number of esters is 2. The molecular formula is C35H67O13P. The molecule has 1 aliphatic carbocycles. The fourth-order valence-corrected chi connectivity index (χ4v) is 6.79. The minimum Gasteiger partial charge on any atom is -0.462 e. The van der Waals surface area contributed by atoms with E-state index < -0.39 is 75.7 Å². The predicted octanol–water partition coefficient (Wildman–Crippen LogP) is 5.38. The number of phosphoric acid groups is 1. The summed E-state index contributed by atoms with van der Waals surface area (Å²) in [4.78, 5) is 35.1. The van der Waals surface area contributed by atoms with Gasteiger partial charge in [-0.25, -0.2) is 4.57 Å². The molecule has 0 radical (unpaired) electrons. The van der Waals surface area contributed by atoms with Crippen molar-refractivity contribution in [2.24, 2.45) is 0 Å². The monoisotopic (exact) mass is 726 g/mol. The van der Waals surface area contributed by atoms with Crippen LogP contribution in [0.4, 0.5) is 0 Å². The molecule has 0 aromatic carbocycles. The van der Waals surface area contributed by atoms with Crippen molar-refractivity contribution in [1.82, 2.24) is 0 Å². The SMILES string of the molecule is CCCCCCCCCCCCCCCCCC(=O)OC(COC(=O)CCCCCCC)COP(=O)(O)OC1C(O)C(O)C(O)C(O)C1O. The lowest BCUT2D eigenvalue weighted by Crippen LogP contribution is -2.64. The summed E-state index contributed by atoms with van der Waals surface area (Å²) >= 11 is 0. The Balaban J connectivity index is 2.48. The Labute approximate surface area is 293 Å². The van der Waals surface area contributed by atoms with Crippen molar-refractivity contribution in [3.63, 3.8) is 0 Å². The number of unbranched alkanes of at least 4 members (excludes halogenated alkanes) is 18. The second-order valence-corrected chi connectivity index (χ2v) is 14.9. The van der Waals surface area contributed by atoms with Gasteiger partial charge >= 0.3 is 19.8 Å². The van der Waals surface area contributed by atoms with E-state index in [1.807, 2.05) is 0 Å². The lowest BCUT2D eigenvalue weighted by Gasteiger charge is -2.41. The molecule has 1 aliphatic rings. The second-order valence-electron chi connectivity index (χ2n) is 13.4. The van der Waals surface area contributed by atoms with Crippen LogP contribution in [0.5, 0.6) is 0 Å². The van der Waals surface area contributed by atoms with Crippen LogP contribution in [0.3, 0.4) is 0 Å². The van der Waals surface area contributed by atoms with Gasteiger partial charge in [0.15, 0.2) is 6.10 Å². The zero-order valence-electron chi connectivity index (χ0n) is 30.0. The maximum atomic E-state index is 12.7. The second kappa shape index (κ2) is 27.5. The summed E-state index contributed by atoms with van der Waals surface area (Å²) in [5.41, 5.74) is 0. The lowest BCUT2D eigenvalue weighted by molar-refractivity contribution is -0.220. The number of ether oxygens (including phenoxy) is 2. The molecular weight excluding hydrogens is 659 g/mol. The van der Waals surface area contributed by atoms with Crippen LogP contribution in [0, 0.1) is 0 Å². The van der Waals surface area contributed by atoms with Gasteiger partial charge in [0.1, 0.15) is 43.2 Å². The first kappa shape index (κ1) is 45.9. The highest BCUT2D eigenvalue weighted by Gasteiger charge is 2.51. The number of aliphatic hydroxyl groups is 5. The van der Waals surface area contributed by atoms with Crippen LogP contribution < -0.4 is 0 Å². The molecule has 0 aliphatic heterocycles. The molecule has 49 heavy (non-hydrogen) atoms. The molecule has 0 saturated heterocycles. The first-order valence-electron chi connectivity index (χ1n) is 18.8. The number of carbonyl (C=O) groups excluding carboxylic acids is 2. The van der Waals surface area contributed by atoms with E-state index in [1.165, 1.54) is 70.6 Å². The molecule has 0 aromatic rings. The Morgan fingerprint density at radius 1 is 0.551 bits per heavy atom. The first-order valence-corrected chi connectivity index (χ1v) is 20.3. The summed E-state index contributed by atoms with van der Waals surface area (Å²) in [5, 5.41) is 49.7. The van der Waals surface area contributed by atoms with E-state index in [0.717, 1.165) is 44.9 Å². The van der Waals surface area contributed by atoms with Crippen LogP contribution >= 0.6 is 7.82 Å². The molecule has 0 spiro atoms. The van der Waals surface area contributed by atoms with E-state index in [9.17, 15) is 44.6 Å². The summed E-state index contributed by atoms with van der Waals surface area (Å²) < 4.78 is 33.1. The van der Waals surface area contributed by atoms with Crippen molar-refractivity contribution in [2.45, 2.75) is 198 Å². The van der Waals surface area contributed by atoms with Crippen LogP contribution in [0.15, 0.2) is 0 Å². The van der Waals surface area contributed by atoms with Gasteiger partial charge in [-0.15, -0.1) is 0 Å². The molecule has 290 valence electrons. The number of hydrogen-bond acceptors (Lipinski definition) is 12. The summed E-state index contributed by atoms with van der Waals surface area (Å²) in [6.45, 7) is 3.16. The van der Waals surface area contributed by atoms with E-state index in [-0.39, 0.29) is 12.8 Å². The van der Waals surface area contributed by atoms with Gasteiger partial charge in [-0.3, -0.25) is 18.6 Å². The molecule has 6 unspecified atom stereocenters. The Bertz CT molecular complexity index is 891. The molecule has 1 fully saturated rings. The van der Waals surface area contributed by atoms with Crippen molar-refractivity contribution < 1.29 is 63.1 Å². The fraction of sp³-hybridized carbons (Fsp3) is 0.943. The quantitative estimate of drug-likeness (QED) is 0.0312. The maximum absolute atomic E-state index is 12.7. The standard InChI is InChI=1S/C35H67O13P/c1-3-5-7-9-10-11-12-13-14-15-16-17-18-20-22-24-29(37)47-27(25-45-28(36)23-21-19-8-6-4-2)26-46-49(43,44)48-35-33(41)31(39)30(38)32(40)34(35)42/h27,30-35,38-42H,3-26H2,1-2H3,(H,43,44). The number of rotatable bonds is 30. The third-order valence-electron chi connectivity index (χ3n) is 8.95. The highest BCUT2D eigenvalue weighted by Crippen LogP contribution is 2.47. The van der Waals surface area contributed by atoms with Crippen LogP contribution in [0.1, 0.15) is 155 Å². The highest BCUT2D eigenvalue weighted by molar-refractivity contribution is 7.47. The fourth-order valence-electron chi connectivity index (χ4n) is 5.82. The van der Waals surface area contributed by atoms with E-state index in [2.05, 4.69) is 13.8 Å². The normalized spacial score (nSPS) is 24.3. The topological polar surface area (TPSA) is 210 Å². The number of aliphatic hydroxyl groups excluding tert-OH is 5. The van der Waals surface area contributed by atoms with Crippen LogP contribution in [0.25, 0.3) is 0 Å². The largest absolute Gasteiger partial charge is 0.472 e. The zero-order chi connectivity index (χ0) is 36.5. The van der Waals surface area contributed by atoms with Gasteiger partial charge in [0, 0.05) is 12.8 Å². The minimum absolute atomic E-state index is 0.103. The molecule has 0 amide bonds. The van der Waals surface area contributed by atoms with Gasteiger partial charge < -0.3 is 39.9 Å². The summed E-state index contributed by atoms with van der Waals surface area (Å²) in [6, 6.07) is 0. The molecule has 14 heteroatoms. The van der Waals surface area contributed by atoms with Gasteiger partial charge in [0.25, 0.3) is 0 Å².